The van der Waals surface area contributed by atoms with Crippen molar-refractivity contribution in [2.75, 3.05) is 6.61 Å². The minimum absolute atomic E-state index is 0.126. The lowest BCUT2D eigenvalue weighted by Crippen LogP contribution is -2.51. The fourth-order valence-electron chi connectivity index (χ4n) is 2.27. The van der Waals surface area contributed by atoms with Crippen LogP contribution in [0.5, 0.6) is 0 Å². The number of aliphatic carboxylic acids is 1. The average Bonchev–Trinajstić information content (AvgIpc) is 2.49. The Morgan fingerprint density at radius 2 is 1.91 bits per heavy atom. The Morgan fingerprint density at radius 3 is 2.41 bits per heavy atom. The standard InChI is InChI=1S/C17H25NO4/c1-4-17(16(20)21,14-9-6-5-7-10-14)18-15(19)11-8-12-22-13(2)3/h5-7,9-10,13H,4,8,11-12H2,1-3H3,(H,18,19)(H,20,21). The molecule has 0 aliphatic carbocycles. The molecule has 0 radical (unpaired) electrons. The Kier molecular flexibility index (Phi) is 7.05. The molecule has 5 nitrogen and oxygen atoms in total. The molecule has 22 heavy (non-hydrogen) atoms. The summed E-state index contributed by atoms with van der Waals surface area (Å²) in [5, 5.41) is 12.3. The van der Waals surface area contributed by atoms with Gasteiger partial charge in [-0.2, -0.15) is 0 Å². The van der Waals surface area contributed by atoms with Gasteiger partial charge in [-0.05, 0) is 32.3 Å². The average molecular weight is 307 g/mol. The van der Waals surface area contributed by atoms with Gasteiger partial charge in [0, 0.05) is 13.0 Å². The second-order valence-corrected chi connectivity index (χ2v) is 5.50. The van der Waals surface area contributed by atoms with Crippen molar-refractivity contribution in [1.29, 1.82) is 0 Å². The molecular formula is C17H25NO4. The summed E-state index contributed by atoms with van der Waals surface area (Å²) in [6.07, 6.45) is 1.22. The van der Waals surface area contributed by atoms with Crippen molar-refractivity contribution in [2.45, 2.75) is 51.7 Å². The number of hydrogen-bond acceptors (Lipinski definition) is 3. The second-order valence-electron chi connectivity index (χ2n) is 5.50. The monoisotopic (exact) mass is 307 g/mol. The molecule has 122 valence electrons. The van der Waals surface area contributed by atoms with Crippen LogP contribution in [0.3, 0.4) is 0 Å². The minimum atomic E-state index is -1.38. The van der Waals surface area contributed by atoms with Crippen LogP contribution < -0.4 is 5.32 Å². The normalized spacial score (nSPS) is 13.6. The fraction of sp³-hybridized carbons (Fsp3) is 0.529. The summed E-state index contributed by atoms with van der Waals surface area (Å²) >= 11 is 0. The van der Waals surface area contributed by atoms with Crippen LogP contribution in [0.15, 0.2) is 30.3 Å². The molecule has 0 aliphatic rings. The molecule has 0 saturated carbocycles. The summed E-state index contributed by atoms with van der Waals surface area (Å²) in [5.74, 6) is -1.33. The quantitative estimate of drug-likeness (QED) is 0.688. The van der Waals surface area contributed by atoms with Gasteiger partial charge in [-0.15, -0.1) is 0 Å². The van der Waals surface area contributed by atoms with E-state index >= 15 is 0 Å². The summed E-state index contributed by atoms with van der Waals surface area (Å²) in [7, 11) is 0. The highest BCUT2D eigenvalue weighted by Gasteiger charge is 2.39. The second kappa shape index (κ2) is 8.54. The minimum Gasteiger partial charge on any atom is -0.479 e. The van der Waals surface area contributed by atoms with Crippen molar-refractivity contribution in [3.63, 3.8) is 0 Å². The molecule has 1 amide bonds. The van der Waals surface area contributed by atoms with E-state index in [2.05, 4.69) is 5.32 Å². The summed E-state index contributed by atoms with van der Waals surface area (Å²) < 4.78 is 5.38. The molecule has 1 aromatic rings. The highest BCUT2D eigenvalue weighted by molar-refractivity contribution is 5.88. The maximum atomic E-state index is 12.1. The fourth-order valence-corrected chi connectivity index (χ4v) is 2.27. The summed E-state index contributed by atoms with van der Waals surface area (Å²) in [5.41, 5.74) is -0.797. The smallest absolute Gasteiger partial charge is 0.334 e. The molecule has 0 heterocycles. The molecule has 0 aromatic heterocycles. The first-order valence-corrected chi connectivity index (χ1v) is 7.64. The SMILES string of the molecule is CCC(NC(=O)CCCOC(C)C)(C(=O)O)c1ccccc1. The number of amides is 1. The maximum absolute atomic E-state index is 12.1. The molecule has 2 N–H and O–H groups in total. The van der Waals surface area contributed by atoms with Crippen LogP contribution in [-0.2, 0) is 19.9 Å². The van der Waals surface area contributed by atoms with Gasteiger partial charge in [-0.1, -0.05) is 37.3 Å². The molecule has 0 fully saturated rings. The molecule has 1 rings (SSSR count). The number of carbonyl (C=O) groups is 2. The van der Waals surface area contributed by atoms with Gasteiger partial charge in [-0.25, -0.2) is 4.79 Å². The van der Waals surface area contributed by atoms with Crippen molar-refractivity contribution in [3.05, 3.63) is 35.9 Å². The number of nitrogens with one attached hydrogen (secondary N) is 1. The van der Waals surface area contributed by atoms with E-state index in [4.69, 9.17) is 4.74 Å². The number of ether oxygens (including phenoxy) is 1. The third-order valence-electron chi connectivity index (χ3n) is 3.51. The molecule has 1 aromatic carbocycles. The van der Waals surface area contributed by atoms with Gasteiger partial charge in [0.15, 0.2) is 5.54 Å². The van der Waals surface area contributed by atoms with Crippen molar-refractivity contribution in [1.82, 2.24) is 5.32 Å². The predicted octanol–water partition coefficient (Wildman–Crippen LogP) is 2.70. The molecule has 0 saturated heterocycles. The number of carbonyl (C=O) groups excluding carboxylic acids is 1. The van der Waals surface area contributed by atoms with E-state index in [0.29, 0.717) is 18.6 Å². The van der Waals surface area contributed by atoms with E-state index in [1.807, 2.05) is 19.9 Å². The Bertz CT molecular complexity index is 487. The number of hydrogen-bond donors (Lipinski definition) is 2. The number of benzene rings is 1. The van der Waals surface area contributed by atoms with Crippen LogP contribution in [0.2, 0.25) is 0 Å². The van der Waals surface area contributed by atoms with Gasteiger partial charge < -0.3 is 15.2 Å². The highest BCUT2D eigenvalue weighted by Crippen LogP contribution is 2.25. The molecule has 1 unspecified atom stereocenters. The lowest BCUT2D eigenvalue weighted by atomic mass is 9.87. The topological polar surface area (TPSA) is 75.6 Å². The van der Waals surface area contributed by atoms with Gasteiger partial charge in [-0.3, -0.25) is 4.79 Å². The maximum Gasteiger partial charge on any atom is 0.334 e. The van der Waals surface area contributed by atoms with E-state index in [9.17, 15) is 14.7 Å². The molecule has 0 spiro atoms. The van der Waals surface area contributed by atoms with E-state index in [1.54, 1.807) is 31.2 Å². The van der Waals surface area contributed by atoms with Crippen LogP contribution in [0.4, 0.5) is 0 Å². The number of carboxylic acids is 1. The Hall–Kier alpha value is -1.88. The first kappa shape index (κ1) is 18.2. The molecule has 5 heteroatoms. The van der Waals surface area contributed by atoms with Gasteiger partial charge >= 0.3 is 5.97 Å². The van der Waals surface area contributed by atoms with Crippen LogP contribution in [0, 0.1) is 0 Å². The van der Waals surface area contributed by atoms with Crippen LogP contribution >= 0.6 is 0 Å². The zero-order valence-electron chi connectivity index (χ0n) is 13.5. The summed E-state index contributed by atoms with van der Waals surface area (Å²) in [6, 6.07) is 8.80. The molecule has 0 aliphatic heterocycles. The number of rotatable bonds is 9. The van der Waals surface area contributed by atoms with Crippen LogP contribution in [-0.4, -0.2) is 29.7 Å². The molecule has 0 bridgehead atoms. The summed E-state index contributed by atoms with van der Waals surface area (Å²) in [6.45, 7) is 6.11. The first-order valence-electron chi connectivity index (χ1n) is 7.64. The van der Waals surface area contributed by atoms with Crippen LogP contribution in [0.1, 0.15) is 45.6 Å². The van der Waals surface area contributed by atoms with Crippen molar-refractivity contribution in [3.8, 4) is 0 Å². The lowest BCUT2D eigenvalue weighted by Gasteiger charge is -2.30. The van der Waals surface area contributed by atoms with E-state index in [1.165, 1.54) is 0 Å². The van der Waals surface area contributed by atoms with E-state index in [-0.39, 0.29) is 24.9 Å². The summed E-state index contributed by atoms with van der Waals surface area (Å²) in [4.78, 5) is 23.9. The van der Waals surface area contributed by atoms with Crippen molar-refractivity contribution >= 4 is 11.9 Å². The molecule has 1 atom stereocenters. The molecular weight excluding hydrogens is 282 g/mol. The zero-order chi connectivity index (χ0) is 16.6. The Balaban J connectivity index is 2.74. The van der Waals surface area contributed by atoms with E-state index in [0.717, 1.165) is 0 Å². The lowest BCUT2D eigenvalue weighted by molar-refractivity contribution is -0.148. The Labute approximate surface area is 131 Å². The van der Waals surface area contributed by atoms with Crippen LogP contribution in [0.25, 0.3) is 0 Å². The van der Waals surface area contributed by atoms with Gasteiger partial charge in [0.25, 0.3) is 0 Å². The third kappa shape index (κ3) is 4.84. The zero-order valence-corrected chi connectivity index (χ0v) is 13.5. The van der Waals surface area contributed by atoms with E-state index < -0.39 is 11.5 Å². The van der Waals surface area contributed by atoms with Gasteiger partial charge in [0.1, 0.15) is 0 Å². The van der Waals surface area contributed by atoms with Crippen molar-refractivity contribution in [2.24, 2.45) is 0 Å². The largest absolute Gasteiger partial charge is 0.479 e. The van der Waals surface area contributed by atoms with Gasteiger partial charge in [0.05, 0.1) is 6.10 Å². The Morgan fingerprint density at radius 1 is 1.27 bits per heavy atom. The van der Waals surface area contributed by atoms with Crippen molar-refractivity contribution < 1.29 is 19.4 Å². The third-order valence-corrected chi connectivity index (χ3v) is 3.51. The number of carboxylic acid groups (broad SMARTS) is 1. The predicted molar refractivity (Wildman–Crippen MR) is 84.5 cm³/mol. The highest BCUT2D eigenvalue weighted by atomic mass is 16.5. The first-order chi connectivity index (χ1) is 10.4. The van der Waals surface area contributed by atoms with Gasteiger partial charge in [0.2, 0.25) is 5.91 Å².